The zero-order chi connectivity index (χ0) is 14.3. The molecule has 0 fully saturated rings. The van der Waals surface area contributed by atoms with Crippen molar-refractivity contribution in [1.29, 1.82) is 0 Å². The first-order valence-corrected chi connectivity index (χ1v) is 6.51. The van der Waals surface area contributed by atoms with Crippen LogP contribution in [0.2, 0.25) is 0 Å². The zero-order valence-corrected chi connectivity index (χ0v) is 11.1. The van der Waals surface area contributed by atoms with Gasteiger partial charge in [-0.25, -0.2) is 4.79 Å². The SMILES string of the molecule is Cc1oc2c(c1C(=O)O)C(=O)C[C@@H](c1ccccc1)C2. The van der Waals surface area contributed by atoms with Crippen molar-refractivity contribution in [2.45, 2.75) is 25.7 Å². The minimum Gasteiger partial charge on any atom is -0.478 e. The summed E-state index contributed by atoms with van der Waals surface area (Å²) in [7, 11) is 0. The first-order chi connectivity index (χ1) is 9.58. The van der Waals surface area contributed by atoms with Crippen molar-refractivity contribution < 1.29 is 19.1 Å². The number of carboxylic acids is 1. The summed E-state index contributed by atoms with van der Waals surface area (Å²) in [6.07, 6.45) is 0.898. The molecule has 1 atom stereocenters. The number of furan rings is 1. The number of carbonyl (C=O) groups is 2. The molecule has 2 aromatic rings. The third-order valence-corrected chi connectivity index (χ3v) is 3.78. The van der Waals surface area contributed by atoms with Crippen molar-refractivity contribution in [1.82, 2.24) is 0 Å². The van der Waals surface area contributed by atoms with Crippen LogP contribution in [-0.2, 0) is 6.42 Å². The quantitative estimate of drug-likeness (QED) is 0.909. The average Bonchev–Trinajstić information content (AvgIpc) is 2.76. The maximum absolute atomic E-state index is 12.3. The predicted octanol–water partition coefficient (Wildman–Crippen LogP) is 3.20. The van der Waals surface area contributed by atoms with E-state index in [0.29, 0.717) is 24.4 Å². The van der Waals surface area contributed by atoms with E-state index in [-0.39, 0.29) is 22.8 Å². The molecule has 0 saturated carbocycles. The molecule has 0 bridgehead atoms. The van der Waals surface area contributed by atoms with Gasteiger partial charge in [-0.3, -0.25) is 4.79 Å². The Labute approximate surface area is 116 Å². The summed E-state index contributed by atoms with van der Waals surface area (Å²) in [5.41, 5.74) is 1.37. The van der Waals surface area contributed by atoms with Crippen molar-refractivity contribution in [3.63, 3.8) is 0 Å². The van der Waals surface area contributed by atoms with Crippen molar-refractivity contribution in [2.75, 3.05) is 0 Å². The van der Waals surface area contributed by atoms with Gasteiger partial charge in [0.25, 0.3) is 0 Å². The second-order valence-electron chi connectivity index (χ2n) is 5.08. The van der Waals surface area contributed by atoms with Crippen LogP contribution < -0.4 is 0 Å². The van der Waals surface area contributed by atoms with E-state index in [1.165, 1.54) is 0 Å². The molecule has 3 rings (SSSR count). The Morgan fingerprint density at radius 3 is 2.60 bits per heavy atom. The smallest absolute Gasteiger partial charge is 0.340 e. The van der Waals surface area contributed by atoms with Crippen LogP contribution >= 0.6 is 0 Å². The van der Waals surface area contributed by atoms with E-state index in [0.717, 1.165) is 5.56 Å². The largest absolute Gasteiger partial charge is 0.478 e. The van der Waals surface area contributed by atoms with Crippen LogP contribution in [0.5, 0.6) is 0 Å². The van der Waals surface area contributed by atoms with Crippen molar-refractivity contribution >= 4 is 11.8 Å². The van der Waals surface area contributed by atoms with Gasteiger partial charge in [-0.15, -0.1) is 0 Å². The fourth-order valence-corrected chi connectivity index (χ4v) is 2.88. The summed E-state index contributed by atoms with van der Waals surface area (Å²) < 4.78 is 5.52. The molecule has 102 valence electrons. The van der Waals surface area contributed by atoms with Gasteiger partial charge in [-0.1, -0.05) is 30.3 Å². The molecule has 1 N–H and O–H groups in total. The van der Waals surface area contributed by atoms with Crippen LogP contribution in [0.4, 0.5) is 0 Å². The van der Waals surface area contributed by atoms with Crippen LogP contribution in [0.3, 0.4) is 0 Å². The van der Waals surface area contributed by atoms with Crippen LogP contribution in [0.15, 0.2) is 34.7 Å². The normalized spacial score (nSPS) is 17.9. The number of benzene rings is 1. The number of aryl methyl sites for hydroxylation is 1. The Balaban J connectivity index is 2.03. The zero-order valence-electron chi connectivity index (χ0n) is 11.1. The highest BCUT2D eigenvalue weighted by molar-refractivity contribution is 6.08. The van der Waals surface area contributed by atoms with Crippen molar-refractivity contribution in [3.05, 3.63) is 58.5 Å². The lowest BCUT2D eigenvalue weighted by molar-refractivity contribution is 0.0690. The van der Waals surface area contributed by atoms with Gasteiger partial charge in [-0.05, 0) is 18.4 Å². The maximum atomic E-state index is 12.3. The molecule has 0 saturated heterocycles. The highest BCUT2D eigenvalue weighted by atomic mass is 16.4. The lowest BCUT2D eigenvalue weighted by atomic mass is 9.81. The minimum atomic E-state index is -1.10. The van der Waals surface area contributed by atoms with E-state index in [9.17, 15) is 14.7 Å². The van der Waals surface area contributed by atoms with Gasteiger partial charge in [-0.2, -0.15) is 0 Å². The molecule has 1 heterocycles. The van der Waals surface area contributed by atoms with E-state index in [1.54, 1.807) is 6.92 Å². The van der Waals surface area contributed by atoms with E-state index in [1.807, 2.05) is 30.3 Å². The van der Waals surface area contributed by atoms with E-state index < -0.39 is 5.97 Å². The van der Waals surface area contributed by atoms with Gasteiger partial charge < -0.3 is 9.52 Å². The Kier molecular flexibility index (Phi) is 2.93. The second-order valence-corrected chi connectivity index (χ2v) is 5.08. The Bertz CT molecular complexity index is 682. The number of aromatic carboxylic acids is 1. The Morgan fingerprint density at radius 2 is 1.95 bits per heavy atom. The lowest BCUT2D eigenvalue weighted by Gasteiger charge is -2.20. The van der Waals surface area contributed by atoms with Gasteiger partial charge in [0.05, 0.1) is 5.56 Å². The summed E-state index contributed by atoms with van der Waals surface area (Å²) in [5, 5.41) is 9.20. The minimum absolute atomic E-state index is 0.0245. The monoisotopic (exact) mass is 270 g/mol. The first-order valence-electron chi connectivity index (χ1n) is 6.51. The molecule has 0 spiro atoms. The molecule has 0 aliphatic heterocycles. The molecule has 0 unspecified atom stereocenters. The molecule has 0 amide bonds. The highest BCUT2D eigenvalue weighted by Crippen LogP contribution is 2.36. The lowest BCUT2D eigenvalue weighted by Crippen LogP contribution is -2.19. The summed E-state index contributed by atoms with van der Waals surface area (Å²) in [6, 6.07) is 9.77. The van der Waals surface area contributed by atoms with Gasteiger partial charge in [0, 0.05) is 12.8 Å². The average molecular weight is 270 g/mol. The van der Waals surface area contributed by atoms with E-state index in [4.69, 9.17) is 4.42 Å². The van der Waals surface area contributed by atoms with Crippen LogP contribution in [0, 0.1) is 6.92 Å². The topological polar surface area (TPSA) is 67.5 Å². The number of rotatable bonds is 2. The molecule has 1 aliphatic rings. The predicted molar refractivity (Wildman–Crippen MR) is 72.2 cm³/mol. The number of Topliss-reactive ketones (excluding diaryl/α,β-unsaturated/α-hetero) is 1. The summed E-state index contributed by atoms with van der Waals surface area (Å²) in [6.45, 7) is 1.59. The fraction of sp³-hybridized carbons (Fsp3) is 0.250. The molecule has 0 radical (unpaired) electrons. The van der Waals surface area contributed by atoms with Crippen LogP contribution in [0.1, 0.15) is 50.1 Å². The van der Waals surface area contributed by atoms with Gasteiger partial charge in [0.15, 0.2) is 5.78 Å². The molecule has 4 nitrogen and oxygen atoms in total. The fourth-order valence-electron chi connectivity index (χ4n) is 2.88. The number of ketones is 1. The molecule has 1 aromatic heterocycles. The van der Waals surface area contributed by atoms with Gasteiger partial charge in [0.1, 0.15) is 17.1 Å². The van der Waals surface area contributed by atoms with Crippen LogP contribution in [-0.4, -0.2) is 16.9 Å². The third-order valence-electron chi connectivity index (χ3n) is 3.78. The molecule has 4 heteroatoms. The highest BCUT2D eigenvalue weighted by Gasteiger charge is 2.34. The molecule has 20 heavy (non-hydrogen) atoms. The van der Waals surface area contributed by atoms with Crippen molar-refractivity contribution in [3.8, 4) is 0 Å². The van der Waals surface area contributed by atoms with E-state index >= 15 is 0 Å². The first kappa shape index (κ1) is 12.7. The standard InChI is InChI=1S/C16H14O4/c1-9-14(16(18)19)15-12(17)7-11(8-13(15)20-9)10-5-3-2-4-6-10/h2-6,11H,7-8H2,1H3,(H,18,19)/t11-/m1/s1. The molecule has 1 aromatic carbocycles. The van der Waals surface area contributed by atoms with Gasteiger partial charge in [0.2, 0.25) is 0 Å². The number of hydrogen-bond acceptors (Lipinski definition) is 3. The summed E-state index contributed by atoms with van der Waals surface area (Å²) >= 11 is 0. The third kappa shape index (κ3) is 1.93. The van der Waals surface area contributed by atoms with E-state index in [2.05, 4.69) is 0 Å². The molecule has 1 aliphatic carbocycles. The van der Waals surface area contributed by atoms with Gasteiger partial charge >= 0.3 is 5.97 Å². The van der Waals surface area contributed by atoms with Crippen molar-refractivity contribution in [2.24, 2.45) is 0 Å². The number of carboxylic acid groups (broad SMARTS) is 1. The summed E-state index contributed by atoms with van der Waals surface area (Å²) in [4.78, 5) is 23.5. The second kappa shape index (κ2) is 4.63. The Morgan fingerprint density at radius 1 is 1.25 bits per heavy atom. The molecular formula is C16H14O4. The summed E-state index contributed by atoms with van der Waals surface area (Å²) in [5.74, 6) is -0.369. The molecular weight excluding hydrogens is 256 g/mol. The number of carbonyl (C=O) groups excluding carboxylic acids is 1. The maximum Gasteiger partial charge on any atom is 0.340 e. The number of fused-ring (bicyclic) bond motifs is 1. The van der Waals surface area contributed by atoms with Crippen LogP contribution in [0.25, 0.3) is 0 Å². The number of hydrogen-bond donors (Lipinski definition) is 1. The Hall–Kier alpha value is -2.36.